The Balaban J connectivity index is 1.77. The third-order valence-corrected chi connectivity index (χ3v) is 5.83. The van der Waals surface area contributed by atoms with Gasteiger partial charge in [0.15, 0.2) is 5.13 Å². The Morgan fingerprint density at radius 1 is 1.38 bits per heavy atom. The van der Waals surface area contributed by atoms with Gasteiger partial charge in [-0.25, -0.2) is 4.98 Å². The summed E-state index contributed by atoms with van der Waals surface area (Å²) < 4.78 is 6.42. The van der Waals surface area contributed by atoms with Gasteiger partial charge in [-0.1, -0.05) is 36.8 Å². The van der Waals surface area contributed by atoms with Gasteiger partial charge in [0, 0.05) is 37.1 Å². The molecule has 3 rings (SSSR count). The molecule has 7 heteroatoms. The Labute approximate surface area is 163 Å². The zero-order valence-electron chi connectivity index (χ0n) is 15.6. The number of fused-ring (bicyclic) bond motifs is 1. The molecule has 26 heavy (non-hydrogen) atoms. The fourth-order valence-corrected chi connectivity index (χ4v) is 4.60. The Morgan fingerprint density at radius 2 is 2.12 bits per heavy atom. The average Bonchev–Trinajstić information content (AvgIpc) is 3.03. The van der Waals surface area contributed by atoms with E-state index in [0.717, 1.165) is 60.2 Å². The van der Waals surface area contributed by atoms with Gasteiger partial charge in [0.05, 0.1) is 23.4 Å². The maximum atomic E-state index is 12.8. The van der Waals surface area contributed by atoms with Crippen LogP contribution in [0.4, 0.5) is 5.13 Å². The normalized spacial score (nSPS) is 15.7. The Kier molecular flexibility index (Phi) is 6.51. The van der Waals surface area contributed by atoms with Crippen molar-refractivity contribution >= 4 is 44.2 Å². The largest absolute Gasteiger partial charge is 0.379 e. The number of carbonyl (C=O) groups excluding carboxylic acids is 1. The lowest BCUT2D eigenvalue weighted by molar-refractivity contribution is -0.121. The summed E-state index contributed by atoms with van der Waals surface area (Å²) in [5.74, 6) is 0.0601. The third kappa shape index (κ3) is 4.55. The molecule has 0 aliphatic carbocycles. The number of anilines is 1. The van der Waals surface area contributed by atoms with Gasteiger partial charge in [-0.3, -0.25) is 14.6 Å². The number of nitrogens with zero attached hydrogens (tertiary/aromatic N) is 3. The van der Waals surface area contributed by atoms with E-state index in [4.69, 9.17) is 21.3 Å². The van der Waals surface area contributed by atoms with Crippen LogP contribution in [-0.4, -0.2) is 55.2 Å². The third-order valence-electron chi connectivity index (χ3n) is 4.59. The second-order valence-corrected chi connectivity index (χ2v) is 8.46. The van der Waals surface area contributed by atoms with Gasteiger partial charge in [-0.15, -0.1) is 0 Å². The molecule has 0 radical (unpaired) electrons. The van der Waals surface area contributed by atoms with Crippen molar-refractivity contribution in [1.82, 2.24) is 9.88 Å². The summed E-state index contributed by atoms with van der Waals surface area (Å²) in [6.07, 6.45) is 0.925. The first-order valence-corrected chi connectivity index (χ1v) is 10.3. The monoisotopic (exact) mass is 395 g/mol. The summed E-state index contributed by atoms with van der Waals surface area (Å²) >= 11 is 7.72. The van der Waals surface area contributed by atoms with Crippen molar-refractivity contribution < 1.29 is 9.53 Å². The van der Waals surface area contributed by atoms with Gasteiger partial charge in [0.1, 0.15) is 0 Å². The first-order chi connectivity index (χ1) is 12.5. The minimum atomic E-state index is -0.0601. The van der Waals surface area contributed by atoms with Crippen molar-refractivity contribution in [3.63, 3.8) is 0 Å². The zero-order chi connectivity index (χ0) is 18.7. The quantitative estimate of drug-likeness (QED) is 0.742. The average molecular weight is 396 g/mol. The van der Waals surface area contributed by atoms with Gasteiger partial charge in [-0.2, -0.15) is 0 Å². The van der Waals surface area contributed by atoms with Crippen molar-refractivity contribution in [2.24, 2.45) is 5.92 Å². The highest BCUT2D eigenvalue weighted by Crippen LogP contribution is 2.33. The number of carbonyl (C=O) groups is 1. The number of benzene rings is 1. The predicted molar refractivity (Wildman–Crippen MR) is 108 cm³/mol. The Morgan fingerprint density at radius 3 is 2.81 bits per heavy atom. The lowest BCUT2D eigenvalue weighted by Gasteiger charge is -2.28. The summed E-state index contributed by atoms with van der Waals surface area (Å²) in [6.45, 7) is 11.1. The van der Waals surface area contributed by atoms with Crippen LogP contribution in [0.3, 0.4) is 0 Å². The van der Waals surface area contributed by atoms with E-state index in [1.807, 2.05) is 37.8 Å². The summed E-state index contributed by atoms with van der Waals surface area (Å²) in [5.41, 5.74) is 1.98. The molecular weight excluding hydrogens is 370 g/mol. The Hall–Kier alpha value is -1.21. The highest BCUT2D eigenvalue weighted by atomic mass is 35.5. The predicted octanol–water partition coefficient (Wildman–Crippen LogP) is 3.97. The highest BCUT2D eigenvalue weighted by Gasteiger charge is 2.23. The van der Waals surface area contributed by atoms with E-state index < -0.39 is 0 Å². The molecule has 0 N–H and O–H groups in total. The SMILES string of the molecule is Cc1cc(Cl)cc2sc(N(CCCN3CCOCC3)C(=O)C(C)C)nc12. The maximum Gasteiger partial charge on any atom is 0.231 e. The molecule has 1 aliphatic rings. The number of halogens is 1. The van der Waals surface area contributed by atoms with E-state index in [-0.39, 0.29) is 11.8 Å². The number of morpholine rings is 1. The number of hydrogen-bond acceptors (Lipinski definition) is 5. The number of amides is 1. The number of thiazole rings is 1. The van der Waals surface area contributed by atoms with E-state index in [1.54, 1.807) is 11.3 Å². The first-order valence-electron chi connectivity index (χ1n) is 9.14. The molecule has 1 fully saturated rings. The summed E-state index contributed by atoms with van der Waals surface area (Å²) in [6, 6.07) is 3.84. The highest BCUT2D eigenvalue weighted by molar-refractivity contribution is 7.22. The van der Waals surface area contributed by atoms with E-state index in [2.05, 4.69) is 4.90 Å². The standard InChI is InChI=1S/C19H26ClN3O2S/c1-13(2)18(24)23(6-4-5-22-7-9-25-10-8-22)19-21-17-14(3)11-15(20)12-16(17)26-19/h11-13H,4-10H2,1-3H3. The second kappa shape index (κ2) is 8.65. The summed E-state index contributed by atoms with van der Waals surface area (Å²) in [7, 11) is 0. The van der Waals surface area contributed by atoms with E-state index in [1.165, 1.54) is 0 Å². The maximum absolute atomic E-state index is 12.8. The van der Waals surface area contributed by atoms with Gasteiger partial charge in [0.25, 0.3) is 0 Å². The lowest BCUT2D eigenvalue weighted by Crippen LogP contribution is -2.40. The number of ether oxygens (including phenoxy) is 1. The number of aryl methyl sites for hydroxylation is 1. The van der Waals surface area contributed by atoms with Crippen LogP contribution in [0.15, 0.2) is 12.1 Å². The molecule has 0 spiro atoms. The van der Waals surface area contributed by atoms with Crippen molar-refractivity contribution in [3.05, 3.63) is 22.7 Å². The van der Waals surface area contributed by atoms with Crippen LogP contribution in [0.25, 0.3) is 10.2 Å². The van der Waals surface area contributed by atoms with E-state index in [9.17, 15) is 4.79 Å². The van der Waals surface area contributed by atoms with Crippen LogP contribution in [0, 0.1) is 12.8 Å². The van der Waals surface area contributed by atoms with Crippen LogP contribution < -0.4 is 4.90 Å². The molecule has 0 saturated carbocycles. The van der Waals surface area contributed by atoms with Crippen molar-refractivity contribution in [2.45, 2.75) is 27.2 Å². The molecule has 2 heterocycles. The van der Waals surface area contributed by atoms with Crippen molar-refractivity contribution in [3.8, 4) is 0 Å². The van der Waals surface area contributed by atoms with Crippen molar-refractivity contribution in [1.29, 1.82) is 0 Å². The molecule has 2 aromatic rings. The zero-order valence-corrected chi connectivity index (χ0v) is 17.2. The Bertz CT molecular complexity index is 771. The molecule has 1 amide bonds. The van der Waals surface area contributed by atoms with E-state index >= 15 is 0 Å². The number of aromatic nitrogens is 1. The fraction of sp³-hybridized carbons (Fsp3) is 0.579. The molecule has 1 aromatic heterocycles. The second-order valence-electron chi connectivity index (χ2n) is 7.02. The minimum absolute atomic E-state index is 0.0601. The molecule has 5 nitrogen and oxygen atoms in total. The van der Waals surface area contributed by atoms with Gasteiger partial charge in [0.2, 0.25) is 5.91 Å². The summed E-state index contributed by atoms with van der Waals surface area (Å²) in [5, 5.41) is 1.48. The molecule has 0 bridgehead atoms. The van der Waals surface area contributed by atoms with Gasteiger partial charge < -0.3 is 4.74 Å². The lowest BCUT2D eigenvalue weighted by atomic mass is 10.2. The van der Waals surface area contributed by atoms with E-state index in [0.29, 0.717) is 11.6 Å². The molecular formula is C19H26ClN3O2S. The molecule has 142 valence electrons. The van der Waals surface area contributed by atoms with Crippen LogP contribution in [0.2, 0.25) is 5.02 Å². The van der Waals surface area contributed by atoms with Crippen molar-refractivity contribution in [2.75, 3.05) is 44.3 Å². The molecule has 1 aromatic carbocycles. The number of rotatable bonds is 6. The molecule has 1 aliphatic heterocycles. The van der Waals surface area contributed by atoms with Gasteiger partial charge in [-0.05, 0) is 31.0 Å². The van der Waals surface area contributed by atoms with Crippen LogP contribution in [-0.2, 0) is 9.53 Å². The van der Waals surface area contributed by atoms with Crippen LogP contribution in [0.5, 0.6) is 0 Å². The minimum Gasteiger partial charge on any atom is -0.379 e. The number of hydrogen-bond donors (Lipinski definition) is 0. The molecule has 1 saturated heterocycles. The molecule has 0 unspecified atom stereocenters. The fourth-order valence-electron chi connectivity index (χ4n) is 3.15. The summed E-state index contributed by atoms with van der Waals surface area (Å²) in [4.78, 5) is 21.8. The van der Waals surface area contributed by atoms with Crippen LogP contribution >= 0.6 is 22.9 Å². The first kappa shape index (κ1) is 19.5. The molecule has 0 atom stereocenters. The van der Waals surface area contributed by atoms with Crippen LogP contribution in [0.1, 0.15) is 25.8 Å². The topological polar surface area (TPSA) is 45.7 Å². The van der Waals surface area contributed by atoms with Gasteiger partial charge >= 0.3 is 0 Å². The smallest absolute Gasteiger partial charge is 0.231 e.